The Morgan fingerprint density at radius 2 is 2.11 bits per heavy atom. The number of nitrogens with two attached hydrogens (primary N) is 1. The quantitative estimate of drug-likeness (QED) is 0.622. The first-order chi connectivity index (χ1) is 8.50. The van der Waals surface area contributed by atoms with Crippen LogP contribution >= 0.6 is 11.8 Å². The topological polar surface area (TPSA) is 89.2 Å². The molecular weight excluding hydrogens is 272 g/mol. The predicted octanol–water partition coefficient (Wildman–Crippen LogP) is 0.406. The van der Waals surface area contributed by atoms with E-state index in [-0.39, 0.29) is 11.5 Å². The van der Waals surface area contributed by atoms with Gasteiger partial charge in [0.25, 0.3) is 0 Å². The molecule has 2 rings (SSSR count). The van der Waals surface area contributed by atoms with Crippen LogP contribution in [0.3, 0.4) is 0 Å². The number of sulfone groups is 1. The highest BCUT2D eigenvalue weighted by molar-refractivity contribution is 7.98. The van der Waals surface area contributed by atoms with E-state index in [4.69, 9.17) is 5.73 Å². The molecule has 1 aliphatic rings. The van der Waals surface area contributed by atoms with Crippen molar-refractivity contribution in [3.63, 3.8) is 0 Å². The van der Waals surface area contributed by atoms with Crippen LogP contribution in [0.15, 0.2) is 11.2 Å². The van der Waals surface area contributed by atoms with Gasteiger partial charge in [-0.3, -0.25) is 0 Å². The highest BCUT2D eigenvalue weighted by atomic mass is 32.2. The number of rotatable bonds is 2. The molecule has 1 aliphatic heterocycles. The lowest BCUT2D eigenvalue weighted by Gasteiger charge is -2.21. The Bertz CT molecular complexity index is 533. The van der Waals surface area contributed by atoms with Crippen molar-refractivity contribution in [3.05, 3.63) is 6.07 Å². The number of aromatic nitrogens is 2. The second kappa shape index (κ2) is 5.31. The van der Waals surface area contributed by atoms with Gasteiger partial charge in [0.05, 0.1) is 11.5 Å². The third-order valence-electron chi connectivity index (χ3n) is 2.77. The van der Waals surface area contributed by atoms with E-state index in [1.54, 1.807) is 6.07 Å². The smallest absolute Gasteiger partial charge is 0.191 e. The van der Waals surface area contributed by atoms with E-state index in [2.05, 4.69) is 9.97 Å². The molecule has 1 aromatic heterocycles. The zero-order chi connectivity index (χ0) is 13.2. The number of thioether (sulfide) groups is 1. The van der Waals surface area contributed by atoms with E-state index >= 15 is 0 Å². The van der Waals surface area contributed by atoms with Crippen LogP contribution in [0.5, 0.6) is 0 Å². The Morgan fingerprint density at radius 1 is 1.33 bits per heavy atom. The first kappa shape index (κ1) is 13.4. The van der Waals surface area contributed by atoms with Gasteiger partial charge < -0.3 is 10.6 Å². The second-order valence-corrected chi connectivity index (χ2v) is 7.21. The minimum absolute atomic E-state index is 0.172. The fourth-order valence-electron chi connectivity index (χ4n) is 1.85. The van der Waals surface area contributed by atoms with Gasteiger partial charge in [0.15, 0.2) is 15.0 Å². The monoisotopic (exact) mass is 288 g/mol. The third kappa shape index (κ3) is 3.26. The zero-order valence-corrected chi connectivity index (χ0v) is 11.8. The van der Waals surface area contributed by atoms with Crippen LogP contribution in [-0.2, 0) is 9.84 Å². The van der Waals surface area contributed by atoms with Crippen molar-refractivity contribution in [2.75, 3.05) is 41.5 Å². The number of hydrogen-bond donors (Lipinski definition) is 1. The predicted molar refractivity (Wildman–Crippen MR) is 73.7 cm³/mol. The van der Waals surface area contributed by atoms with Crippen molar-refractivity contribution >= 4 is 33.2 Å². The van der Waals surface area contributed by atoms with Crippen LogP contribution < -0.4 is 10.6 Å². The first-order valence-corrected chi connectivity index (χ1v) is 8.69. The molecule has 8 heteroatoms. The fourth-order valence-corrected chi connectivity index (χ4v) is 3.50. The van der Waals surface area contributed by atoms with Crippen molar-refractivity contribution in [3.8, 4) is 0 Å². The molecule has 100 valence electrons. The molecule has 1 aromatic rings. The summed E-state index contributed by atoms with van der Waals surface area (Å²) in [4.78, 5) is 10.4. The molecule has 2 heterocycles. The average molecular weight is 288 g/mol. The molecule has 0 unspecified atom stereocenters. The van der Waals surface area contributed by atoms with Gasteiger partial charge in [0.1, 0.15) is 11.6 Å². The Hall–Kier alpha value is -1.02. The molecule has 0 radical (unpaired) electrons. The lowest BCUT2D eigenvalue weighted by molar-refractivity contribution is 0.597. The molecule has 0 spiro atoms. The fraction of sp³-hybridized carbons (Fsp3) is 0.600. The Balaban J connectivity index is 2.23. The van der Waals surface area contributed by atoms with Crippen LogP contribution in [0.4, 0.5) is 11.6 Å². The van der Waals surface area contributed by atoms with E-state index in [9.17, 15) is 8.42 Å². The number of anilines is 2. The molecule has 0 aromatic carbocycles. The third-order valence-corrected chi connectivity index (χ3v) is 5.04. The van der Waals surface area contributed by atoms with Gasteiger partial charge in [-0.15, -0.1) is 0 Å². The Labute approximate surface area is 111 Å². The maximum Gasteiger partial charge on any atom is 0.191 e. The standard InChI is InChI=1S/C10H16N4O2S2/c1-17-10-12-8(11)7-9(13-10)14-3-2-5-18(15,16)6-4-14/h7H,2-6H2,1H3,(H2,11,12,13). The van der Waals surface area contributed by atoms with E-state index in [1.807, 2.05) is 11.2 Å². The lowest BCUT2D eigenvalue weighted by Crippen LogP contribution is -2.28. The van der Waals surface area contributed by atoms with E-state index in [0.717, 1.165) is 0 Å². The largest absolute Gasteiger partial charge is 0.383 e. The van der Waals surface area contributed by atoms with Gasteiger partial charge in [-0.2, -0.15) is 0 Å². The molecule has 6 nitrogen and oxygen atoms in total. The van der Waals surface area contributed by atoms with Crippen molar-refractivity contribution in [1.82, 2.24) is 9.97 Å². The molecule has 0 saturated carbocycles. The van der Waals surface area contributed by atoms with Crippen molar-refractivity contribution in [1.29, 1.82) is 0 Å². The molecule has 18 heavy (non-hydrogen) atoms. The first-order valence-electron chi connectivity index (χ1n) is 5.64. The zero-order valence-electron chi connectivity index (χ0n) is 10.2. The van der Waals surface area contributed by atoms with Crippen LogP contribution in [0.2, 0.25) is 0 Å². The van der Waals surface area contributed by atoms with Gasteiger partial charge in [0.2, 0.25) is 0 Å². The minimum atomic E-state index is -2.91. The normalized spacial score (nSPS) is 19.5. The molecule has 0 aliphatic carbocycles. The molecule has 1 saturated heterocycles. The summed E-state index contributed by atoms with van der Waals surface area (Å²) in [6, 6.07) is 1.69. The van der Waals surface area contributed by atoms with Crippen molar-refractivity contribution in [2.45, 2.75) is 11.6 Å². The summed E-state index contributed by atoms with van der Waals surface area (Å²) in [5.74, 6) is 1.55. The van der Waals surface area contributed by atoms with Crippen molar-refractivity contribution in [2.24, 2.45) is 0 Å². The summed E-state index contributed by atoms with van der Waals surface area (Å²) < 4.78 is 23.1. The SMILES string of the molecule is CSc1nc(N)cc(N2CCCS(=O)(=O)CC2)n1. The highest BCUT2D eigenvalue weighted by Crippen LogP contribution is 2.20. The van der Waals surface area contributed by atoms with E-state index in [0.29, 0.717) is 36.3 Å². The van der Waals surface area contributed by atoms with Gasteiger partial charge in [-0.1, -0.05) is 11.8 Å². The number of nitrogens with zero attached hydrogens (tertiary/aromatic N) is 3. The van der Waals surface area contributed by atoms with Crippen LogP contribution in [0, 0.1) is 0 Å². The molecule has 0 bridgehead atoms. The summed E-state index contributed by atoms with van der Waals surface area (Å²) in [5, 5.41) is 0.608. The number of hydrogen-bond acceptors (Lipinski definition) is 7. The van der Waals surface area contributed by atoms with Gasteiger partial charge >= 0.3 is 0 Å². The highest BCUT2D eigenvalue weighted by Gasteiger charge is 2.20. The maximum absolute atomic E-state index is 11.5. The average Bonchev–Trinajstić information content (AvgIpc) is 2.49. The van der Waals surface area contributed by atoms with Crippen LogP contribution in [-0.4, -0.2) is 49.2 Å². The summed E-state index contributed by atoms with van der Waals surface area (Å²) in [5.41, 5.74) is 5.72. The molecule has 0 atom stereocenters. The van der Waals surface area contributed by atoms with Gasteiger partial charge in [-0.25, -0.2) is 18.4 Å². The van der Waals surface area contributed by atoms with Gasteiger partial charge in [-0.05, 0) is 12.7 Å². The maximum atomic E-state index is 11.5. The lowest BCUT2D eigenvalue weighted by atomic mass is 10.4. The number of nitrogen functional groups attached to an aromatic ring is 1. The molecule has 0 amide bonds. The summed E-state index contributed by atoms with van der Waals surface area (Å²) in [6.07, 6.45) is 2.51. The van der Waals surface area contributed by atoms with E-state index in [1.165, 1.54) is 11.8 Å². The molecule has 1 fully saturated rings. The Kier molecular flexibility index (Phi) is 3.96. The summed E-state index contributed by atoms with van der Waals surface area (Å²) >= 11 is 1.42. The molecule has 2 N–H and O–H groups in total. The summed E-state index contributed by atoms with van der Waals surface area (Å²) in [7, 11) is -2.91. The molecular formula is C10H16N4O2S2. The van der Waals surface area contributed by atoms with E-state index < -0.39 is 9.84 Å². The van der Waals surface area contributed by atoms with Crippen LogP contribution in [0.1, 0.15) is 6.42 Å². The minimum Gasteiger partial charge on any atom is -0.383 e. The van der Waals surface area contributed by atoms with Crippen molar-refractivity contribution < 1.29 is 8.42 Å². The Morgan fingerprint density at radius 3 is 2.83 bits per heavy atom. The van der Waals surface area contributed by atoms with Crippen LogP contribution in [0.25, 0.3) is 0 Å². The second-order valence-electron chi connectivity index (χ2n) is 4.13. The summed E-state index contributed by atoms with van der Waals surface area (Å²) in [6.45, 7) is 1.15. The van der Waals surface area contributed by atoms with Gasteiger partial charge in [0, 0.05) is 19.2 Å².